The van der Waals surface area contributed by atoms with Crippen molar-refractivity contribution in [3.8, 4) is 5.75 Å². The van der Waals surface area contributed by atoms with Crippen molar-refractivity contribution in [1.82, 2.24) is 0 Å². The zero-order valence-corrected chi connectivity index (χ0v) is 12.4. The van der Waals surface area contributed by atoms with E-state index in [4.69, 9.17) is 4.74 Å². The Bertz CT molecular complexity index is 580. The number of rotatable bonds is 2. The van der Waals surface area contributed by atoms with Crippen LogP contribution in [-0.2, 0) is 6.42 Å². The number of hydrogen-bond acceptors (Lipinski definition) is 2. The van der Waals surface area contributed by atoms with Gasteiger partial charge in [-0.1, -0.05) is 34.1 Å². The van der Waals surface area contributed by atoms with Crippen molar-refractivity contribution in [2.24, 2.45) is 0 Å². The number of ether oxygens (including phenoxy) is 1. The fraction of sp³-hybridized carbons (Fsp3) is 0.250. The number of halogens is 1. The molecule has 0 radical (unpaired) electrons. The Morgan fingerprint density at radius 2 is 1.95 bits per heavy atom. The first-order valence-electron chi connectivity index (χ1n) is 6.45. The average molecular weight is 318 g/mol. The highest BCUT2D eigenvalue weighted by Crippen LogP contribution is 2.34. The largest absolute Gasteiger partial charge is 0.497 e. The van der Waals surface area contributed by atoms with Gasteiger partial charge in [-0.05, 0) is 48.2 Å². The molecule has 0 spiro atoms. The lowest BCUT2D eigenvalue weighted by atomic mass is 9.93. The van der Waals surface area contributed by atoms with Crippen LogP contribution >= 0.6 is 15.9 Å². The van der Waals surface area contributed by atoms with Crippen LogP contribution in [0.1, 0.15) is 23.6 Å². The molecule has 0 aliphatic carbocycles. The standard InChI is InChI=1S/C16H16BrNO/c1-19-14-7-3-11(4-8-14)15-9-5-12-2-6-13(17)10-16(12)18-15/h2-4,6-8,10,15,18H,5,9H2,1H3. The molecule has 0 saturated heterocycles. The Labute approximate surface area is 121 Å². The van der Waals surface area contributed by atoms with Gasteiger partial charge in [-0.3, -0.25) is 0 Å². The number of hydrogen-bond donors (Lipinski definition) is 1. The topological polar surface area (TPSA) is 21.3 Å². The minimum Gasteiger partial charge on any atom is -0.497 e. The van der Waals surface area contributed by atoms with Gasteiger partial charge in [0.15, 0.2) is 0 Å². The summed E-state index contributed by atoms with van der Waals surface area (Å²) in [6.45, 7) is 0. The van der Waals surface area contributed by atoms with Crippen LogP contribution in [-0.4, -0.2) is 7.11 Å². The Hall–Kier alpha value is -1.48. The molecule has 0 saturated carbocycles. The van der Waals surface area contributed by atoms with Crippen molar-refractivity contribution in [3.63, 3.8) is 0 Å². The van der Waals surface area contributed by atoms with E-state index in [1.807, 2.05) is 12.1 Å². The molecule has 1 N–H and O–H groups in total. The first-order valence-corrected chi connectivity index (χ1v) is 7.24. The van der Waals surface area contributed by atoms with E-state index in [0.29, 0.717) is 6.04 Å². The number of nitrogens with one attached hydrogen (secondary N) is 1. The number of methoxy groups -OCH3 is 1. The lowest BCUT2D eigenvalue weighted by molar-refractivity contribution is 0.414. The predicted molar refractivity (Wildman–Crippen MR) is 81.8 cm³/mol. The highest BCUT2D eigenvalue weighted by atomic mass is 79.9. The van der Waals surface area contributed by atoms with Crippen LogP contribution in [0, 0.1) is 0 Å². The SMILES string of the molecule is COc1ccc(C2CCc3ccc(Br)cc3N2)cc1. The summed E-state index contributed by atoms with van der Waals surface area (Å²) in [5, 5.41) is 3.62. The fourth-order valence-electron chi connectivity index (χ4n) is 2.55. The molecule has 1 aliphatic heterocycles. The normalized spacial score (nSPS) is 17.5. The molecule has 2 nitrogen and oxygen atoms in total. The monoisotopic (exact) mass is 317 g/mol. The van der Waals surface area contributed by atoms with E-state index in [1.165, 1.54) is 16.8 Å². The molecule has 0 bridgehead atoms. The average Bonchev–Trinajstić information content (AvgIpc) is 2.46. The summed E-state index contributed by atoms with van der Waals surface area (Å²) in [6, 6.07) is 15.2. The highest BCUT2D eigenvalue weighted by Gasteiger charge is 2.19. The van der Waals surface area contributed by atoms with Gasteiger partial charge in [0.2, 0.25) is 0 Å². The Morgan fingerprint density at radius 1 is 1.16 bits per heavy atom. The predicted octanol–water partition coefficient (Wildman–Crippen LogP) is 4.56. The molecular weight excluding hydrogens is 302 g/mol. The molecule has 3 heteroatoms. The molecule has 0 amide bonds. The molecule has 1 heterocycles. The van der Waals surface area contributed by atoms with Gasteiger partial charge in [-0.15, -0.1) is 0 Å². The second kappa shape index (κ2) is 5.25. The summed E-state index contributed by atoms with van der Waals surface area (Å²) in [7, 11) is 1.70. The molecule has 0 fully saturated rings. The van der Waals surface area contributed by atoms with Crippen molar-refractivity contribution in [2.45, 2.75) is 18.9 Å². The van der Waals surface area contributed by atoms with Crippen LogP contribution in [0.15, 0.2) is 46.9 Å². The molecule has 98 valence electrons. The van der Waals surface area contributed by atoms with Gasteiger partial charge in [0.1, 0.15) is 5.75 Å². The molecule has 0 aromatic heterocycles. The van der Waals surface area contributed by atoms with Crippen LogP contribution in [0.3, 0.4) is 0 Å². The second-order valence-corrected chi connectivity index (χ2v) is 5.73. The van der Waals surface area contributed by atoms with Gasteiger partial charge in [-0.2, -0.15) is 0 Å². The van der Waals surface area contributed by atoms with Crippen LogP contribution in [0.5, 0.6) is 5.75 Å². The van der Waals surface area contributed by atoms with Crippen LogP contribution in [0.25, 0.3) is 0 Å². The van der Waals surface area contributed by atoms with Crippen molar-refractivity contribution in [1.29, 1.82) is 0 Å². The smallest absolute Gasteiger partial charge is 0.118 e. The Kier molecular flexibility index (Phi) is 3.47. The van der Waals surface area contributed by atoms with E-state index >= 15 is 0 Å². The first-order chi connectivity index (χ1) is 9.26. The van der Waals surface area contributed by atoms with Crippen LogP contribution in [0.4, 0.5) is 5.69 Å². The molecule has 1 unspecified atom stereocenters. The number of anilines is 1. The zero-order valence-electron chi connectivity index (χ0n) is 10.8. The third kappa shape index (κ3) is 2.61. The first kappa shape index (κ1) is 12.5. The third-order valence-corrected chi connectivity index (χ3v) is 4.12. The van der Waals surface area contributed by atoms with E-state index in [2.05, 4.69) is 51.6 Å². The van der Waals surface area contributed by atoms with Crippen molar-refractivity contribution in [3.05, 3.63) is 58.1 Å². The van der Waals surface area contributed by atoms with E-state index in [-0.39, 0.29) is 0 Å². The second-order valence-electron chi connectivity index (χ2n) is 4.81. The number of aryl methyl sites for hydroxylation is 1. The lowest BCUT2D eigenvalue weighted by Crippen LogP contribution is -2.17. The van der Waals surface area contributed by atoms with E-state index < -0.39 is 0 Å². The fourth-order valence-corrected chi connectivity index (χ4v) is 2.91. The minimum absolute atomic E-state index is 0.382. The summed E-state index contributed by atoms with van der Waals surface area (Å²) in [5.74, 6) is 0.905. The van der Waals surface area contributed by atoms with Gasteiger partial charge in [-0.25, -0.2) is 0 Å². The maximum atomic E-state index is 5.20. The zero-order chi connectivity index (χ0) is 13.2. The number of benzene rings is 2. The lowest BCUT2D eigenvalue weighted by Gasteiger charge is -2.27. The highest BCUT2D eigenvalue weighted by molar-refractivity contribution is 9.10. The Morgan fingerprint density at radius 3 is 2.68 bits per heavy atom. The van der Waals surface area contributed by atoms with E-state index in [9.17, 15) is 0 Å². The molecule has 1 atom stereocenters. The summed E-state index contributed by atoms with van der Waals surface area (Å²) >= 11 is 3.53. The Balaban J connectivity index is 1.84. The molecule has 19 heavy (non-hydrogen) atoms. The molecule has 1 aliphatic rings. The van der Waals surface area contributed by atoms with Gasteiger partial charge in [0.25, 0.3) is 0 Å². The van der Waals surface area contributed by atoms with Gasteiger partial charge in [0.05, 0.1) is 13.2 Å². The maximum absolute atomic E-state index is 5.20. The van der Waals surface area contributed by atoms with Gasteiger partial charge < -0.3 is 10.1 Å². The summed E-state index contributed by atoms with van der Waals surface area (Å²) in [6.07, 6.45) is 2.24. The third-order valence-electron chi connectivity index (χ3n) is 3.62. The van der Waals surface area contributed by atoms with Crippen molar-refractivity contribution >= 4 is 21.6 Å². The van der Waals surface area contributed by atoms with Crippen molar-refractivity contribution < 1.29 is 4.74 Å². The van der Waals surface area contributed by atoms with E-state index in [1.54, 1.807) is 7.11 Å². The summed E-state index contributed by atoms with van der Waals surface area (Å²) < 4.78 is 6.32. The van der Waals surface area contributed by atoms with Gasteiger partial charge >= 0.3 is 0 Å². The van der Waals surface area contributed by atoms with Crippen LogP contribution in [0.2, 0.25) is 0 Å². The molecule has 2 aromatic rings. The quantitative estimate of drug-likeness (QED) is 0.876. The molecular formula is C16H16BrNO. The van der Waals surface area contributed by atoms with Gasteiger partial charge in [0, 0.05) is 10.2 Å². The minimum atomic E-state index is 0.382. The van der Waals surface area contributed by atoms with Crippen LogP contribution < -0.4 is 10.1 Å². The number of fused-ring (bicyclic) bond motifs is 1. The molecule has 2 aromatic carbocycles. The van der Waals surface area contributed by atoms with Crippen molar-refractivity contribution in [2.75, 3.05) is 12.4 Å². The molecule has 3 rings (SSSR count). The maximum Gasteiger partial charge on any atom is 0.118 e. The van der Waals surface area contributed by atoms with E-state index in [0.717, 1.165) is 23.1 Å². The summed E-state index contributed by atoms with van der Waals surface area (Å²) in [5.41, 5.74) is 3.95. The summed E-state index contributed by atoms with van der Waals surface area (Å²) in [4.78, 5) is 0.